The van der Waals surface area contributed by atoms with Gasteiger partial charge in [-0.25, -0.2) is 4.98 Å². The second-order valence-electron chi connectivity index (χ2n) is 4.64. The summed E-state index contributed by atoms with van der Waals surface area (Å²) in [4.78, 5) is 8.73. The van der Waals surface area contributed by atoms with Crippen molar-refractivity contribution in [1.82, 2.24) is 9.97 Å². The van der Waals surface area contributed by atoms with Crippen molar-refractivity contribution in [3.63, 3.8) is 0 Å². The number of hydrogen-bond acceptors (Lipinski definition) is 4. The molecule has 1 fully saturated rings. The van der Waals surface area contributed by atoms with E-state index in [1.165, 1.54) is 19.3 Å². The molecule has 4 heteroatoms. The molecule has 1 aromatic rings. The zero-order valence-electron chi connectivity index (χ0n) is 10.2. The molecule has 1 heterocycles. The predicted molar refractivity (Wildman–Crippen MR) is 63.8 cm³/mol. The maximum absolute atomic E-state index is 5.40. The van der Waals surface area contributed by atoms with Gasteiger partial charge in [-0.1, -0.05) is 0 Å². The summed E-state index contributed by atoms with van der Waals surface area (Å²) in [6.07, 6.45) is 3.66. The topological polar surface area (TPSA) is 47.0 Å². The maximum atomic E-state index is 5.40. The average Bonchev–Trinajstić information content (AvgIpc) is 2.14. The molecule has 0 atom stereocenters. The Hall–Kier alpha value is -1.32. The molecule has 0 radical (unpaired) electrons. The van der Waals surface area contributed by atoms with Crippen molar-refractivity contribution in [3.05, 3.63) is 11.8 Å². The first-order chi connectivity index (χ1) is 7.61. The van der Waals surface area contributed by atoms with E-state index >= 15 is 0 Å². The average molecular weight is 221 g/mol. The van der Waals surface area contributed by atoms with Gasteiger partial charge in [-0.3, -0.25) is 0 Å². The molecule has 16 heavy (non-hydrogen) atoms. The summed E-state index contributed by atoms with van der Waals surface area (Å²) in [6.45, 7) is 6.76. The van der Waals surface area contributed by atoms with Crippen LogP contribution < -0.4 is 10.1 Å². The number of aryl methyl sites for hydroxylation is 1. The lowest BCUT2D eigenvalue weighted by atomic mass is 9.79. The molecule has 0 saturated heterocycles. The molecule has 0 spiro atoms. The van der Waals surface area contributed by atoms with Gasteiger partial charge in [0.1, 0.15) is 0 Å². The van der Waals surface area contributed by atoms with Gasteiger partial charge in [0.05, 0.1) is 6.61 Å². The minimum Gasteiger partial charge on any atom is -0.478 e. The Kier molecular flexibility index (Phi) is 2.99. The molecular formula is C12H19N3O. The van der Waals surface area contributed by atoms with Crippen molar-refractivity contribution in [2.45, 2.75) is 45.6 Å². The van der Waals surface area contributed by atoms with Crippen LogP contribution in [0.2, 0.25) is 0 Å². The van der Waals surface area contributed by atoms with Crippen molar-refractivity contribution in [2.24, 2.45) is 0 Å². The highest BCUT2D eigenvalue weighted by atomic mass is 16.5. The first-order valence-electron chi connectivity index (χ1n) is 5.88. The summed E-state index contributed by atoms with van der Waals surface area (Å²) in [6, 6.07) is 1.86. The highest BCUT2D eigenvalue weighted by molar-refractivity contribution is 5.34. The van der Waals surface area contributed by atoms with Gasteiger partial charge < -0.3 is 10.1 Å². The van der Waals surface area contributed by atoms with Crippen molar-refractivity contribution in [1.29, 1.82) is 0 Å². The summed E-state index contributed by atoms with van der Waals surface area (Å²) < 4.78 is 5.40. The Morgan fingerprint density at radius 1 is 1.44 bits per heavy atom. The smallest absolute Gasteiger partial charge is 0.226 e. The molecule has 2 rings (SSSR count). The van der Waals surface area contributed by atoms with Crippen LogP contribution in [-0.2, 0) is 0 Å². The summed E-state index contributed by atoms with van der Waals surface area (Å²) in [5, 5.41) is 3.39. The largest absolute Gasteiger partial charge is 0.478 e. The Balaban J connectivity index is 2.13. The quantitative estimate of drug-likeness (QED) is 0.848. The molecule has 1 aliphatic carbocycles. The molecule has 0 bridgehead atoms. The third-order valence-corrected chi connectivity index (χ3v) is 2.99. The van der Waals surface area contributed by atoms with E-state index in [1.807, 2.05) is 19.9 Å². The van der Waals surface area contributed by atoms with E-state index in [2.05, 4.69) is 22.2 Å². The molecule has 1 aromatic heterocycles. The maximum Gasteiger partial charge on any atom is 0.226 e. The Morgan fingerprint density at radius 3 is 2.75 bits per heavy atom. The molecule has 0 aliphatic heterocycles. The van der Waals surface area contributed by atoms with Crippen LogP contribution in [0.15, 0.2) is 6.07 Å². The van der Waals surface area contributed by atoms with Crippen LogP contribution in [0.5, 0.6) is 5.88 Å². The molecule has 88 valence electrons. The highest BCUT2D eigenvalue weighted by Crippen LogP contribution is 2.34. The van der Waals surface area contributed by atoms with E-state index in [0.29, 0.717) is 18.4 Å². The molecule has 1 N–H and O–H groups in total. The molecule has 0 unspecified atom stereocenters. The van der Waals surface area contributed by atoms with E-state index < -0.39 is 0 Å². The monoisotopic (exact) mass is 221 g/mol. The van der Waals surface area contributed by atoms with Crippen LogP contribution in [0, 0.1) is 6.92 Å². The number of aromatic nitrogens is 2. The Morgan fingerprint density at radius 2 is 2.19 bits per heavy atom. The third kappa shape index (κ3) is 2.43. The van der Waals surface area contributed by atoms with Crippen molar-refractivity contribution in [3.8, 4) is 5.88 Å². The number of hydrogen-bond donors (Lipinski definition) is 1. The van der Waals surface area contributed by atoms with E-state index in [9.17, 15) is 0 Å². The Bertz CT molecular complexity index is 375. The van der Waals surface area contributed by atoms with Gasteiger partial charge >= 0.3 is 0 Å². The number of nitrogens with zero attached hydrogens (tertiary/aromatic N) is 2. The number of rotatable bonds is 4. The second-order valence-corrected chi connectivity index (χ2v) is 4.64. The Labute approximate surface area is 96.4 Å². The predicted octanol–water partition coefficient (Wildman–Crippen LogP) is 2.54. The number of nitrogens with one attached hydrogen (secondary N) is 1. The third-order valence-electron chi connectivity index (χ3n) is 2.99. The fourth-order valence-electron chi connectivity index (χ4n) is 1.92. The molecule has 1 saturated carbocycles. The number of ether oxygens (including phenoxy) is 1. The first kappa shape index (κ1) is 11.2. The lowest BCUT2D eigenvalue weighted by Gasteiger charge is -2.39. The van der Waals surface area contributed by atoms with Crippen LogP contribution in [0.25, 0.3) is 0 Å². The number of anilines is 1. The van der Waals surface area contributed by atoms with Crippen LogP contribution >= 0.6 is 0 Å². The lowest BCUT2D eigenvalue weighted by Crippen LogP contribution is -2.42. The van der Waals surface area contributed by atoms with Gasteiger partial charge in [0.15, 0.2) is 0 Å². The zero-order valence-corrected chi connectivity index (χ0v) is 10.2. The second kappa shape index (κ2) is 4.28. The first-order valence-corrected chi connectivity index (χ1v) is 5.88. The summed E-state index contributed by atoms with van der Waals surface area (Å²) >= 11 is 0. The van der Waals surface area contributed by atoms with E-state index in [0.717, 1.165) is 5.69 Å². The lowest BCUT2D eigenvalue weighted by molar-refractivity contribution is 0.302. The van der Waals surface area contributed by atoms with E-state index in [-0.39, 0.29) is 5.54 Å². The van der Waals surface area contributed by atoms with Crippen LogP contribution in [0.3, 0.4) is 0 Å². The highest BCUT2D eigenvalue weighted by Gasteiger charge is 2.32. The minimum absolute atomic E-state index is 0.178. The molecule has 0 amide bonds. The summed E-state index contributed by atoms with van der Waals surface area (Å²) in [5.41, 5.74) is 1.11. The summed E-state index contributed by atoms with van der Waals surface area (Å²) in [7, 11) is 0. The fourth-order valence-corrected chi connectivity index (χ4v) is 1.92. The SMILES string of the molecule is CCOc1cc(C)nc(NC2(C)CCC2)n1. The molecular weight excluding hydrogens is 202 g/mol. The van der Waals surface area contributed by atoms with Gasteiger partial charge in [0.2, 0.25) is 11.8 Å². The van der Waals surface area contributed by atoms with Gasteiger partial charge in [0.25, 0.3) is 0 Å². The fraction of sp³-hybridized carbons (Fsp3) is 0.667. The van der Waals surface area contributed by atoms with E-state index in [4.69, 9.17) is 4.74 Å². The summed E-state index contributed by atoms with van der Waals surface area (Å²) in [5.74, 6) is 1.34. The van der Waals surface area contributed by atoms with Gasteiger partial charge in [-0.2, -0.15) is 4.98 Å². The normalized spacial score (nSPS) is 17.7. The molecule has 0 aromatic carbocycles. The van der Waals surface area contributed by atoms with Crippen LogP contribution in [0.1, 0.15) is 38.8 Å². The van der Waals surface area contributed by atoms with Crippen molar-refractivity contribution >= 4 is 5.95 Å². The standard InChI is InChI=1S/C12H19N3O/c1-4-16-10-8-9(2)13-11(14-10)15-12(3)6-5-7-12/h8H,4-7H2,1-3H3,(H,13,14,15). The van der Waals surface area contributed by atoms with Crippen molar-refractivity contribution < 1.29 is 4.74 Å². The zero-order chi connectivity index (χ0) is 11.6. The van der Waals surface area contributed by atoms with Crippen LogP contribution in [-0.4, -0.2) is 22.1 Å². The minimum atomic E-state index is 0.178. The van der Waals surface area contributed by atoms with Gasteiger partial charge in [0, 0.05) is 17.3 Å². The van der Waals surface area contributed by atoms with E-state index in [1.54, 1.807) is 0 Å². The molecule has 4 nitrogen and oxygen atoms in total. The van der Waals surface area contributed by atoms with Gasteiger partial charge in [-0.05, 0) is 40.0 Å². The van der Waals surface area contributed by atoms with Crippen LogP contribution in [0.4, 0.5) is 5.95 Å². The molecule has 1 aliphatic rings. The van der Waals surface area contributed by atoms with Crippen molar-refractivity contribution in [2.75, 3.05) is 11.9 Å². The van der Waals surface area contributed by atoms with Gasteiger partial charge in [-0.15, -0.1) is 0 Å².